The summed E-state index contributed by atoms with van der Waals surface area (Å²) in [5, 5.41) is 3.82. The van der Waals surface area contributed by atoms with Crippen molar-refractivity contribution in [1.82, 2.24) is 14.5 Å². The average Bonchev–Trinajstić information content (AvgIpc) is 3.03. The Balaban J connectivity index is 0.000000595. The molecule has 1 atom stereocenters. The lowest BCUT2D eigenvalue weighted by atomic mass is 9.57. The minimum atomic E-state index is 0.0954. The van der Waals surface area contributed by atoms with Gasteiger partial charge in [0.15, 0.2) is 0 Å². The molecule has 0 aromatic carbocycles. The van der Waals surface area contributed by atoms with Gasteiger partial charge in [0, 0.05) is 6.20 Å². The van der Waals surface area contributed by atoms with E-state index in [2.05, 4.69) is 85.9 Å². The van der Waals surface area contributed by atoms with Crippen LogP contribution in [0.3, 0.4) is 0 Å². The van der Waals surface area contributed by atoms with Crippen molar-refractivity contribution in [2.45, 2.75) is 79.2 Å². The van der Waals surface area contributed by atoms with E-state index in [0.717, 1.165) is 6.54 Å². The van der Waals surface area contributed by atoms with Crippen molar-refractivity contribution in [1.29, 1.82) is 0 Å². The highest BCUT2D eigenvalue weighted by molar-refractivity contribution is 6.74. The van der Waals surface area contributed by atoms with Gasteiger partial charge in [0.1, 0.15) is 0 Å². The van der Waals surface area contributed by atoms with Gasteiger partial charge >= 0.3 is 6.98 Å². The Bertz CT molecular complexity index is 503. The van der Waals surface area contributed by atoms with Crippen molar-refractivity contribution < 1.29 is 0 Å². The molecule has 6 heteroatoms. The van der Waals surface area contributed by atoms with Crippen LogP contribution in [0.25, 0.3) is 0 Å². The first-order valence-electron chi connectivity index (χ1n) is 9.38. The fourth-order valence-electron chi connectivity index (χ4n) is 3.89. The van der Waals surface area contributed by atoms with Crippen LogP contribution in [0.4, 0.5) is 5.82 Å². The molecule has 0 aliphatic carbocycles. The number of hydrogen-bond donors (Lipinski definition) is 1. The molecule has 2 aliphatic heterocycles. The molecule has 3 rings (SSSR count). The molecule has 3 heterocycles. The van der Waals surface area contributed by atoms with Gasteiger partial charge in [-0.15, -0.1) is 0 Å². The van der Waals surface area contributed by atoms with Crippen LogP contribution in [0.5, 0.6) is 0 Å². The van der Waals surface area contributed by atoms with Crippen molar-refractivity contribution in [2.75, 3.05) is 11.4 Å². The standard InChI is InChI=1S/C14H26B2N4.C3H8/c1-6-7-11-19-15(4)17-13-14(2,3)18-10-8-9-12(18)20(13)16(19)5;1-3-2/h8-10,13,17H,6-7,11H2,1-5H3;3H2,1-2H3. The average molecular weight is 316 g/mol. The third-order valence-corrected chi connectivity index (χ3v) is 5.11. The largest absolute Gasteiger partial charge is 0.372 e. The molecule has 1 N–H and O–H groups in total. The van der Waals surface area contributed by atoms with Gasteiger partial charge in [0.05, 0.1) is 17.5 Å². The molecule has 1 aromatic rings. The second-order valence-electron chi connectivity index (χ2n) is 7.47. The number of nitrogens with one attached hydrogen (secondary N) is 1. The third kappa shape index (κ3) is 3.20. The predicted molar refractivity (Wildman–Crippen MR) is 104 cm³/mol. The zero-order valence-electron chi connectivity index (χ0n) is 16.1. The van der Waals surface area contributed by atoms with Crippen molar-refractivity contribution in [2.24, 2.45) is 0 Å². The van der Waals surface area contributed by atoms with Crippen LogP contribution in [0, 0.1) is 0 Å². The zero-order chi connectivity index (χ0) is 17.2. The highest BCUT2D eigenvalue weighted by atomic mass is 15.5. The Morgan fingerprint density at radius 3 is 2.48 bits per heavy atom. The van der Waals surface area contributed by atoms with Crippen LogP contribution >= 0.6 is 0 Å². The molecule has 1 unspecified atom stereocenters. The first-order chi connectivity index (χ1) is 10.9. The Labute approximate surface area is 143 Å². The molecule has 0 radical (unpaired) electrons. The Morgan fingerprint density at radius 1 is 1.22 bits per heavy atom. The van der Waals surface area contributed by atoms with Crippen LogP contribution in [-0.4, -0.2) is 36.0 Å². The first kappa shape index (κ1) is 18.5. The van der Waals surface area contributed by atoms with Crippen molar-refractivity contribution in [3.63, 3.8) is 0 Å². The topological polar surface area (TPSA) is 23.4 Å². The first-order valence-corrected chi connectivity index (χ1v) is 9.38. The summed E-state index contributed by atoms with van der Waals surface area (Å²) in [4.78, 5) is 2.55. The number of nitrogens with zero attached hydrogens (tertiary/aromatic N) is 3. The van der Waals surface area contributed by atoms with E-state index in [0.29, 0.717) is 20.1 Å². The fourth-order valence-corrected chi connectivity index (χ4v) is 3.89. The Kier molecular flexibility index (Phi) is 5.90. The number of anilines is 1. The van der Waals surface area contributed by atoms with E-state index in [1.54, 1.807) is 0 Å². The van der Waals surface area contributed by atoms with Crippen LogP contribution in [0.2, 0.25) is 13.6 Å². The molecule has 1 saturated heterocycles. The summed E-state index contributed by atoms with van der Waals surface area (Å²) in [6, 6.07) is 4.41. The van der Waals surface area contributed by atoms with E-state index in [-0.39, 0.29) is 5.54 Å². The maximum Gasteiger partial charge on any atom is 0.331 e. The van der Waals surface area contributed by atoms with E-state index in [1.807, 2.05) is 0 Å². The number of aromatic nitrogens is 1. The molecule has 0 bridgehead atoms. The molecular formula is C17H34B2N4. The van der Waals surface area contributed by atoms with Crippen LogP contribution < -0.4 is 10.0 Å². The molecule has 2 aliphatic rings. The van der Waals surface area contributed by atoms with Crippen LogP contribution in [0.15, 0.2) is 18.3 Å². The highest BCUT2D eigenvalue weighted by Gasteiger charge is 2.52. The van der Waals surface area contributed by atoms with Gasteiger partial charge in [-0.2, -0.15) is 0 Å². The molecular weight excluding hydrogens is 282 g/mol. The van der Waals surface area contributed by atoms with Crippen molar-refractivity contribution in [3.05, 3.63) is 18.3 Å². The van der Waals surface area contributed by atoms with Gasteiger partial charge in [-0.1, -0.05) is 47.3 Å². The Hall–Kier alpha value is -0.870. The fraction of sp³-hybridized carbons (Fsp3) is 0.765. The summed E-state index contributed by atoms with van der Waals surface area (Å²) < 4.78 is 5.00. The van der Waals surface area contributed by atoms with Gasteiger partial charge in [0.2, 0.25) is 0 Å². The van der Waals surface area contributed by atoms with Crippen LogP contribution in [0.1, 0.15) is 53.9 Å². The molecule has 0 amide bonds. The quantitative estimate of drug-likeness (QED) is 0.860. The summed E-state index contributed by atoms with van der Waals surface area (Å²) in [5.41, 5.74) is 0.0954. The summed E-state index contributed by atoms with van der Waals surface area (Å²) >= 11 is 0. The van der Waals surface area contributed by atoms with E-state index in [4.69, 9.17) is 0 Å². The molecule has 1 fully saturated rings. The van der Waals surface area contributed by atoms with Crippen molar-refractivity contribution in [3.8, 4) is 0 Å². The van der Waals surface area contributed by atoms with Crippen LogP contribution in [-0.2, 0) is 5.54 Å². The van der Waals surface area contributed by atoms with E-state index < -0.39 is 0 Å². The van der Waals surface area contributed by atoms with Gasteiger partial charge in [-0.05, 0) is 38.9 Å². The van der Waals surface area contributed by atoms with E-state index in [9.17, 15) is 0 Å². The summed E-state index contributed by atoms with van der Waals surface area (Å²) in [6.45, 7) is 17.9. The Morgan fingerprint density at radius 2 is 1.87 bits per heavy atom. The molecule has 4 nitrogen and oxygen atoms in total. The number of fused-ring (bicyclic) bond motifs is 3. The monoisotopic (exact) mass is 316 g/mol. The number of rotatable bonds is 3. The van der Waals surface area contributed by atoms with E-state index in [1.165, 1.54) is 25.1 Å². The molecule has 128 valence electrons. The second kappa shape index (κ2) is 7.35. The summed E-state index contributed by atoms with van der Waals surface area (Å²) in [6.07, 6.45) is 6.35. The molecule has 0 spiro atoms. The van der Waals surface area contributed by atoms with Gasteiger partial charge in [-0.3, -0.25) is 0 Å². The lowest BCUT2D eigenvalue weighted by Gasteiger charge is -2.49. The summed E-state index contributed by atoms with van der Waals surface area (Å²) in [5.74, 6) is 1.34. The summed E-state index contributed by atoms with van der Waals surface area (Å²) in [7, 11) is 0. The molecule has 1 aromatic heterocycles. The number of hydrogen-bond acceptors (Lipinski definition) is 3. The molecule has 23 heavy (non-hydrogen) atoms. The third-order valence-electron chi connectivity index (χ3n) is 5.11. The smallest absolute Gasteiger partial charge is 0.331 e. The minimum Gasteiger partial charge on any atom is -0.372 e. The van der Waals surface area contributed by atoms with E-state index >= 15 is 0 Å². The number of unbranched alkanes of at least 4 members (excludes halogenated alkanes) is 1. The highest BCUT2D eigenvalue weighted by Crippen LogP contribution is 2.40. The predicted octanol–water partition coefficient (Wildman–Crippen LogP) is 3.73. The zero-order valence-corrected chi connectivity index (χ0v) is 16.1. The normalized spacial score (nSPS) is 22.6. The lowest BCUT2D eigenvalue weighted by Crippen LogP contribution is -2.74. The van der Waals surface area contributed by atoms with Gasteiger partial charge in [-0.25, -0.2) is 0 Å². The maximum atomic E-state index is 3.82. The second-order valence-corrected chi connectivity index (χ2v) is 7.47. The SMILES string of the molecule is CCC.CCCCN1B(C)NC2N(B1C)c1cccn1C2(C)C. The maximum absolute atomic E-state index is 3.82. The lowest BCUT2D eigenvalue weighted by molar-refractivity contribution is 0.304. The van der Waals surface area contributed by atoms with Gasteiger partial charge < -0.3 is 19.3 Å². The molecule has 0 saturated carbocycles. The minimum absolute atomic E-state index is 0.0954. The van der Waals surface area contributed by atoms with Gasteiger partial charge in [0.25, 0.3) is 6.98 Å². The van der Waals surface area contributed by atoms with Crippen molar-refractivity contribution >= 4 is 19.8 Å².